The summed E-state index contributed by atoms with van der Waals surface area (Å²) in [4.78, 5) is 23.5. The van der Waals surface area contributed by atoms with Crippen LogP contribution in [0.15, 0.2) is 0 Å². The summed E-state index contributed by atoms with van der Waals surface area (Å²) in [6, 6.07) is 0. The van der Waals surface area contributed by atoms with Gasteiger partial charge in [0.25, 0.3) is 0 Å². The van der Waals surface area contributed by atoms with E-state index in [2.05, 4.69) is 20.8 Å². The molecule has 1 rings (SSSR count). The van der Waals surface area contributed by atoms with Gasteiger partial charge in [-0.1, -0.05) is 78.6 Å². The third-order valence-corrected chi connectivity index (χ3v) is 6.14. The second-order valence-corrected chi connectivity index (χ2v) is 8.52. The molecule has 0 bridgehead atoms. The lowest BCUT2D eigenvalue weighted by Crippen LogP contribution is -2.49. The van der Waals surface area contributed by atoms with E-state index in [1.165, 1.54) is 51.4 Å². The third-order valence-electron chi connectivity index (χ3n) is 6.14. The number of ether oxygens (including phenoxy) is 1. The molecule has 0 amide bonds. The molecule has 146 valence electrons. The van der Waals surface area contributed by atoms with Crippen LogP contribution < -0.4 is 0 Å². The molecule has 1 aliphatic carbocycles. The van der Waals surface area contributed by atoms with E-state index in [1.54, 1.807) is 6.92 Å². The maximum atomic E-state index is 12.0. The van der Waals surface area contributed by atoms with Crippen LogP contribution in [0.5, 0.6) is 0 Å². The zero-order valence-corrected chi connectivity index (χ0v) is 17.1. The molecule has 1 saturated carbocycles. The Balaban J connectivity index is 1.95. The van der Waals surface area contributed by atoms with Crippen molar-refractivity contribution < 1.29 is 14.3 Å². The first kappa shape index (κ1) is 22.2. The molecule has 25 heavy (non-hydrogen) atoms. The van der Waals surface area contributed by atoms with Gasteiger partial charge in [0.05, 0.1) is 6.61 Å². The SMILES string of the molecule is CCCCCCCCCCCCOC(=O)C[C@@H]1C[C@@H](C(C)=O)C1(C)C. The Morgan fingerprint density at radius 2 is 1.44 bits per heavy atom. The molecular formula is C22H40O3. The summed E-state index contributed by atoms with van der Waals surface area (Å²) in [5.74, 6) is 0.574. The predicted molar refractivity (Wildman–Crippen MR) is 103 cm³/mol. The molecule has 0 aromatic rings. The Kier molecular flexibility index (Phi) is 10.4. The highest BCUT2D eigenvalue weighted by molar-refractivity contribution is 5.81. The van der Waals surface area contributed by atoms with Crippen LogP contribution in [0.3, 0.4) is 0 Å². The van der Waals surface area contributed by atoms with E-state index in [9.17, 15) is 9.59 Å². The summed E-state index contributed by atoms with van der Waals surface area (Å²) < 4.78 is 5.39. The fourth-order valence-corrected chi connectivity index (χ4v) is 4.09. The lowest BCUT2D eigenvalue weighted by atomic mass is 9.53. The molecule has 3 heteroatoms. The summed E-state index contributed by atoms with van der Waals surface area (Å²) in [6.45, 7) is 8.67. The van der Waals surface area contributed by atoms with Gasteiger partial charge in [0.1, 0.15) is 5.78 Å². The number of carbonyl (C=O) groups excluding carboxylic acids is 2. The van der Waals surface area contributed by atoms with Gasteiger partial charge in [-0.3, -0.25) is 9.59 Å². The van der Waals surface area contributed by atoms with E-state index in [0.717, 1.165) is 19.3 Å². The predicted octanol–water partition coefficient (Wildman–Crippen LogP) is 6.09. The minimum Gasteiger partial charge on any atom is -0.466 e. The van der Waals surface area contributed by atoms with E-state index in [1.807, 2.05) is 0 Å². The molecule has 1 fully saturated rings. The molecule has 0 saturated heterocycles. The average Bonchev–Trinajstić information content (AvgIpc) is 2.55. The Morgan fingerprint density at radius 3 is 1.92 bits per heavy atom. The number of rotatable bonds is 14. The maximum Gasteiger partial charge on any atom is 0.306 e. The van der Waals surface area contributed by atoms with Gasteiger partial charge in [0, 0.05) is 12.3 Å². The number of hydrogen-bond acceptors (Lipinski definition) is 3. The molecule has 0 aromatic carbocycles. The van der Waals surface area contributed by atoms with Gasteiger partial charge in [-0.05, 0) is 31.1 Å². The fraction of sp³-hybridized carbons (Fsp3) is 0.909. The van der Waals surface area contributed by atoms with Gasteiger partial charge in [-0.15, -0.1) is 0 Å². The molecule has 3 nitrogen and oxygen atoms in total. The zero-order valence-electron chi connectivity index (χ0n) is 17.1. The van der Waals surface area contributed by atoms with Crippen molar-refractivity contribution >= 4 is 11.8 Å². The summed E-state index contributed by atoms with van der Waals surface area (Å²) >= 11 is 0. The third kappa shape index (κ3) is 7.92. The lowest BCUT2D eigenvalue weighted by Gasteiger charge is -2.50. The normalized spacial score (nSPS) is 21.6. The first-order valence-electron chi connectivity index (χ1n) is 10.6. The van der Waals surface area contributed by atoms with Crippen LogP contribution in [-0.4, -0.2) is 18.4 Å². The quantitative estimate of drug-likeness (QED) is 0.280. The molecule has 0 radical (unpaired) electrons. The minimum absolute atomic E-state index is 0.0536. The first-order valence-corrected chi connectivity index (χ1v) is 10.6. The van der Waals surface area contributed by atoms with Gasteiger partial charge in [-0.25, -0.2) is 0 Å². The fourth-order valence-electron chi connectivity index (χ4n) is 4.09. The van der Waals surface area contributed by atoms with E-state index in [4.69, 9.17) is 4.74 Å². The monoisotopic (exact) mass is 352 g/mol. The molecular weight excluding hydrogens is 312 g/mol. The van der Waals surface area contributed by atoms with E-state index < -0.39 is 0 Å². The van der Waals surface area contributed by atoms with Gasteiger partial charge in [0.15, 0.2) is 0 Å². The Morgan fingerprint density at radius 1 is 0.920 bits per heavy atom. The highest BCUT2D eigenvalue weighted by atomic mass is 16.5. The molecule has 0 aliphatic heterocycles. The standard InChI is InChI=1S/C22H40O3/c1-5-6-7-8-9-10-11-12-13-14-15-25-21(24)17-19-16-20(18(2)23)22(19,3)4/h19-20H,5-17H2,1-4H3/t19-,20-/m0/s1. The second kappa shape index (κ2) is 11.7. The zero-order chi connectivity index (χ0) is 18.7. The maximum absolute atomic E-state index is 12.0. The number of Topliss-reactive ketones (excluding diaryl/α,β-unsaturated/α-hetero) is 1. The van der Waals surface area contributed by atoms with Crippen molar-refractivity contribution in [1.82, 2.24) is 0 Å². The molecule has 0 N–H and O–H groups in total. The number of ketones is 1. The Hall–Kier alpha value is -0.860. The van der Waals surface area contributed by atoms with E-state index in [0.29, 0.717) is 18.9 Å². The van der Waals surface area contributed by atoms with Crippen LogP contribution in [0.1, 0.15) is 105 Å². The van der Waals surface area contributed by atoms with Crippen molar-refractivity contribution in [2.45, 2.75) is 105 Å². The molecule has 2 atom stereocenters. The van der Waals surface area contributed by atoms with Crippen LogP contribution in [0.4, 0.5) is 0 Å². The van der Waals surface area contributed by atoms with Crippen molar-refractivity contribution in [1.29, 1.82) is 0 Å². The summed E-state index contributed by atoms with van der Waals surface area (Å²) in [7, 11) is 0. The highest BCUT2D eigenvalue weighted by Crippen LogP contribution is 2.53. The molecule has 1 aliphatic rings. The highest BCUT2D eigenvalue weighted by Gasteiger charge is 2.50. The van der Waals surface area contributed by atoms with Crippen LogP contribution in [0.2, 0.25) is 0 Å². The smallest absolute Gasteiger partial charge is 0.306 e. The minimum atomic E-state index is -0.0870. The summed E-state index contributed by atoms with van der Waals surface area (Å²) in [5, 5.41) is 0. The van der Waals surface area contributed by atoms with Crippen LogP contribution in [0, 0.1) is 17.3 Å². The lowest BCUT2D eigenvalue weighted by molar-refractivity contribution is -0.153. The van der Waals surface area contributed by atoms with Crippen molar-refractivity contribution in [3.8, 4) is 0 Å². The van der Waals surface area contributed by atoms with Crippen LogP contribution in [0.25, 0.3) is 0 Å². The number of esters is 1. The molecule has 0 unspecified atom stereocenters. The molecule has 0 spiro atoms. The average molecular weight is 353 g/mol. The van der Waals surface area contributed by atoms with Crippen molar-refractivity contribution in [3.05, 3.63) is 0 Å². The summed E-state index contributed by atoms with van der Waals surface area (Å²) in [5.41, 5.74) is -0.0536. The Bertz CT molecular complexity index is 400. The molecule has 0 heterocycles. The number of hydrogen-bond donors (Lipinski definition) is 0. The van der Waals surface area contributed by atoms with Gasteiger partial charge >= 0.3 is 5.97 Å². The number of carbonyl (C=O) groups is 2. The van der Waals surface area contributed by atoms with E-state index >= 15 is 0 Å². The van der Waals surface area contributed by atoms with Crippen LogP contribution in [-0.2, 0) is 14.3 Å². The largest absolute Gasteiger partial charge is 0.466 e. The van der Waals surface area contributed by atoms with Crippen LogP contribution >= 0.6 is 0 Å². The second-order valence-electron chi connectivity index (χ2n) is 8.52. The summed E-state index contributed by atoms with van der Waals surface area (Å²) in [6.07, 6.45) is 14.2. The number of unbranched alkanes of at least 4 members (excludes halogenated alkanes) is 9. The molecule has 0 aromatic heterocycles. The Labute approximate surface area is 155 Å². The first-order chi connectivity index (χ1) is 11.9. The van der Waals surface area contributed by atoms with Crippen molar-refractivity contribution in [2.24, 2.45) is 17.3 Å². The van der Waals surface area contributed by atoms with Crippen molar-refractivity contribution in [3.63, 3.8) is 0 Å². The topological polar surface area (TPSA) is 43.4 Å². The van der Waals surface area contributed by atoms with Gasteiger partial charge in [-0.2, -0.15) is 0 Å². The van der Waals surface area contributed by atoms with E-state index in [-0.39, 0.29) is 23.1 Å². The van der Waals surface area contributed by atoms with Gasteiger partial charge < -0.3 is 4.74 Å². The van der Waals surface area contributed by atoms with Gasteiger partial charge in [0.2, 0.25) is 0 Å². The van der Waals surface area contributed by atoms with Crippen molar-refractivity contribution in [2.75, 3.05) is 6.61 Å².